The van der Waals surface area contributed by atoms with Crippen LogP contribution in [0, 0.1) is 12.8 Å². The van der Waals surface area contributed by atoms with Crippen molar-refractivity contribution in [1.29, 1.82) is 0 Å². The van der Waals surface area contributed by atoms with Crippen LogP contribution in [0.4, 0.5) is 0 Å². The number of furan rings is 1. The van der Waals surface area contributed by atoms with Crippen LogP contribution in [0.3, 0.4) is 0 Å². The molecule has 28 heavy (non-hydrogen) atoms. The van der Waals surface area contributed by atoms with Gasteiger partial charge in [0, 0.05) is 12.6 Å². The van der Waals surface area contributed by atoms with E-state index in [1.807, 2.05) is 39.0 Å². The molecule has 6 heteroatoms. The molecule has 0 saturated heterocycles. The van der Waals surface area contributed by atoms with Crippen LogP contribution < -0.4 is 10.9 Å². The van der Waals surface area contributed by atoms with E-state index in [2.05, 4.69) is 22.4 Å². The number of nitrogens with one attached hydrogen (secondary N) is 1. The molecule has 0 spiro atoms. The van der Waals surface area contributed by atoms with Crippen molar-refractivity contribution in [2.75, 3.05) is 0 Å². The SMILES string of the molecule is Cc1oc2ncn(CC(C)C)c(=O)c2c1C(=O)N[C@@H](C)CCc1ccccc1. The van der Waals surface area contributed by atoms with Gasteiger partial charge in [-0.15, -0.1) is 0 Å². The third-order valence-corrected chi connectivity index (χ3v) is 4.73. The second-order valence-electron chi connectivity index (χ2n) is 7.71. The number of nitrogens with zero attached hydrogens (tertiary/aromatic N) is 2. The molecule has 3 aromatic rings. The molecular weight excluding hydrogens is 354 g/mol. The van der Waals surface area contributed by atoms with E-state index in [1.165, 1.54) is 16.5 Å². The van der Waals surface area contributed by atoms with E-state index in [0.29, 0.717) is 18.2 Å². The van der Waals surface area contributed by atoms with E-state index < -0.39 is 0 Å². The number of aromatic nitrogens is 2. The number of fused-ring (bicyclic) bond motifs is 1. The lowest BCUT2D eigenvalue weighted by atomic mass is 10.1. The Morgan fingerprint density at radius 1 is 1.21 bits per heavy atom. The van der Waals surface area contributed by atoms with Gasteiger partial charge in [0.25, 0.3) is 11.5 Å². The molecule has 0 fully saturated rings. The van der Waals surface area contributed by atoms with Crippen molar-refractivity contribution in [3.8, 4) is 0 Å². The van der Waals surface area contributed by atoms with E-state index in [4.69, 9.17) is 4.42 Å². The number of benzene rings is 1. The first-order valence-corrected chi connectivity index (χ1v) is 9.70. The van der Waals surface area contributed by atoms with E-state index in [1.54, 1.807) is 6.92 Å². The fourth-order valence-corrected chi connectivity index (χ4v) is 3.33. The molecule has 1 amide bonds. The van der Waals surface area contributed by atoms with Gasteiger partial charge in [-0.25, -0.2) is 4.98 Å². The summed E-state index contributed by atoms with van der Waals surface area (Å²) < 4.78 is 7.13. The maximum absolute atomic E-state index is 12.9. The van der Waals surface area contributed by atoms with Crippen LogP contribution in [-0.2, 0) is 13.0 Å². The number of carbonyl (C=O) groups is 1. The summed E-state index contributed by atoms with van der Waals surface area (Å²) in [4.78, 5) is 30.0. The Kier molecular flexibility index (Phi) is 5.97. The highest BCUT2D eigenvalue weighted by molar-refractivity contribution is 6.06. The van der Waals surface area contributed by atoms with Gasteiger partial charge in [0.15, 0.2) is 0 Å². The van der Waals surface area contributed by atoms with Crippen molar-refractivity contribution in [3.05, 3.63) is 63.9 Å². The Hall–Kier alpha value is -2.89. The third kappa shape index (κ3) is 4.32. The largest absolute Gasteiger partial charge is 0.442 e. The van der Waals surface area contributed by atoms with Crippen LogP contribution in [0.15, 0.2) is 45.9 Å². The molecule has 0 aliphatic carbocycles. The summed E-state index contributed by atoms with van der Waals surface area (Å²) in [6.07, 6.45) is 3.16. The lowest BCUT2D eigenvalue weighted by Crippen LogP contribution is -2.34. The van der Waals surface area contributed by atoms with E-state index in [0.717, 1.165) is 12.8 Å². The predicted molar refractivity (Wildman–Crippen MR) is 110 cm³/mol. The predicted octanol–water partition coefficient (Wildman–Crippen LogP) is 3.71. The van der Waals surface area contributed by atoms with Crippen molar-refractivity contribution < 1.29 is 9.21 Å². The molecular formula is C22H27N3O3. The van der Waals surface area contributed by atoms with Crippen molar-refractivity contribution in [3.63, 3.8) is 0 Å². The zero-order chi connectivity index (χ0) is 20.3. The molecule has 0 aliphatic heterocycles. The summed E-state index contributed by atoms with van der Waals surface area (Å²) in [5, 5.41) is 3.26. The van der Waals surface area contributed by atoms with Gasteiger partial charge in [-0.3, -0.25) is 14.2 Å². The summed E-state index contributed by atoms with van der Waals surface area (Å²) in [5.41, 5.74) is 1.49. The highest BCUT2D eigenvalue weighted by atomic mass is 16.3. The molecule has 3 rings (SSSR count). The topological polar surface area (TPSA) is 77.1 Å². The van der Waals surface area contributed by atoms with Gasteiger partial charge in [0.2, 0.25) is 5.71 Å². The van der Waals surface area contributed by atoms with E-state index in [9.17, 15) is 9.59 Å². The maximum atomic E-state index is 12.9. The molecule has 2 aromatic heterocycles. The van der Waals surface area contributed by atoms with E-state index >= 15 is 0 Å². The molecule has 0 radical (unpaired) electrons. The second kappa shape index (κ2) is 8.42. The number of rotatable bonds is 7. The molecule has 6 nitrogen and oxygen atoms in total. The van der Waals surface area contributed by atoms with Gasteiger partial charge in [-0.05, 0) is 38.2 Å². The first-order valence-electron chi connectivity index (χ1n) is 9.70. The highest BCUT2D eigenvalue weighted by Gasteiger charge is 2.23. The number of amides is 1. The van der Waals surface area contributed by atoms with Crippen LogP contribution >= 0.6 is 0 Å². The molecule has 0 saturated carbocycles. The molecule has 0 bridgehead atoms. The Labute approximate surface area is 164 Å². The number of hydrogen-bond donors (Lipinski definition) is 1. The molecule has 1 aromatic carbocycles. The van der Waals surface area contributed by atoms with Crippen LogP contribution in [0.2, 0.25) is 0 Å². The molecule has 1 atom stereocenters. The molecule has 0 aliphatic rings. The van der Waals surface area contributed by atoms with Crippen molar-refractivity contribution in [2.45, 2.75) is 53.1 Å². The summed E-state index contributed by atoms with van der Waals surface area (Å²) in [6.45, 7) is 8.25. The second-order valence-corrected chi connectivity index (χ2v) is 7.71. The Bertz CT molecular complexity index is 1020. The van der Waals surface area contributed by atoms with Crippen LogP contribution in [0.25, 0.3) is 11.1 Å². The van der Waals surface area contributed by atoms with Gasteiger partial charge in [-0.1, -0.05) is 44.2 Å². The number of carbonyl (C=O) groups excluding carboxylic acids is 1. The zero-order valence-electron chi connectivity index (χ0n) is 16.9. The average Bonchev–Trinajstić information content (AvgIpc) is 3.00. The lowest BCUT2D eigenvalue weighted by molar-refractivity contribution is 0.0938. The fraction of sp³-hybridized carbons (Fsp3) is 0.409. The lowest BCUT2D eigenvalue weighted by Gasteiger charge is -2.14. The fourth-order valence-electron chi connectivity index (χ4n) is 3.33. The summed E-state index contributed by atoms with van der Waals surface area (Å²) >= 11 is 0. The van der Waals surface area contributed by atoms with Crippen molar-refractivity contribution >= 4 is 17.0 Å². The first-order chi connectivity index (χ1) is 13.4. The minimum Gasteiger partial charge on any atom is -0.442 e. The summed E-state index contributed by atoms with van der Waals surface area (Å²) in [5.74, 6) is 0.410. The third-order valence-electron chi connectivity index (χ3n) is 4.73. The standard InChI is InChI=1S/C22H27N3O3/c1-14(2)12-25-13-23-21-19(22(25)27)18(16(4)28-21)20(26)24-15(3)10-11-17-8-6-5-7-9-17/h5-9,13-15H,10-12H2,1-4H3,(H,24,26)/t15-/m0/s1. The molecule has 0 unspecified atom stereocenters. The Morgan fingerprint density at radius 3 is 2.61 bits per heavy atom. The zero-order valence-corrected chi connectivity index (χ0v) is 16.9. The minimum atomic E-state index is -0.294. The van der Waals surface area contributed by atoms with Gasteiger partial charge in [0.05, 0.1) is 5.56 Å². The minimum absolute atomic E-state index is 0.0355. The molecule has 148 valence electrons. The normalized spacial score (nSPS) is 12.5. The van der Waals surface area contributed by atoms with Crippen LogP contribution in [0.1, 0.15) is 48.9 Å². The van der Waals surface area contributed by atoms with Gasteiger partial charge >= 0.3 is 0 Å². The van der Waals surface area contributed by atoms with Crippen LogP contribution in [-0.4, -0.2) is 21.5 Å². The Morgan fingerprint density at radius 2 is 1.93 bits per heavy atom. The summed E-state index contributed by atoms with van der Waals surface area (Å²) in [7, 11) is 0. The average molecular weight is 381 g/mol. The smallest absolute Gasteiger partial charge is 0.265 e. The number of hydrogen-bond acceptors (Lipinski definition) is 4. The van der Waals surface area contributed by atoms with Gasteiger partial charge < -0.3 is 9.73 Å². The highest BCUT2D eigenvalue weighted by Crippen LogP contribution is 2.21. The summed E-state index contributed by atoms with van der Waals surface area (Å²) in [6, 6.07) is 10.1. The van der Waals surface area contributed by atoms with Gasteiger partial charge in [-0.2, -0.15) is 0 Å². The maximum Gasteiger partial charge on any atom is 0.265 e. The number of aryl methyl sites for hydroxylation is 2. The van der Waals surface area contributed by atoms with Gasteiger partial charge in [0.1, 0.15) is 17.5 Å². The van der Waals surface area contributed by atoms with E-state index in [-0.39, 0.29) is 34.2 Å². The molecule has 2 heterocycles. The quantitative estimate of drug-likeness (QED) is 0.677. The Balaban J connectivity index is 1.80. The van der Waals surface area contributed by atoms with Crippen molar-refractivity contribution in [2.24, 2.45) is 5.92 Å². The molecule has 1 N–H and O–H groups in total. The van der Waals surface area contributed by atoms with Crippen LogP contribution in [0.5, 0.6) is 0 Å². The first kappa shape index (κ1) is 19.9. The monoisotopic (exact) mass is 381 g/mol. The van der Waals surface area contributed by atoms with Crippen molar-refractivity contribution in [1.82, 2.24) is 14.9 Å².